The number of aryl methyl sites for hydroxylation is 1. The molecular weight excluding hydrogens is 403 g/mol. The van der Waals surface area contributed by atoms with Gasteiger partial charge in [-0.1, -0.05) is 35.9 Å². The number of aromatic nitrogens is 2. The van der Waals surface area contributed by atoms with Gasteiger partial charge in [0, 0.05) is 17.6 Å². The molecule has 6 heteroatoms. The molecule has 0 aliphatic carbocycles. The first-order chi connectivity index (χ1) is 14.5. The third kappa shape index (κ3) is 3.98. The van der Waals surface area contributed by atoms with E-state index in [0.717, 1.165) is 39.0 Å². The van der Waals surface area contributed by atoms with Crippen LogP contribution in [0.4, 0.5) is 4.39 Å². The van der Waals surface area contributed by atoms with Gasteiger partial charge < -0.3 is 14.0 Å². The van der Waals surface area contributed by atoms with E-state index in [4.69, 9.17) is 21.1 Å². The molecule has 0 N–H and O–H groups in total. The van der Waals surface area contributed by atoms with Crippen LogP contribution >= 0.6 is 11.6 Å². The lowest BCUT2D eigenvalue weighted by molar-refractivity contribution is 0.296. The summed E-state index contributed by atoms with van der Waals surface area (Å²) in [6.45, 7) is 5.06. The fraction of sp³-hybridized carbons (Fsp3) is 0.208. The van der Waals surface area contributed by atoms with E-state index in [1.807, 2.05) is 24.3 Å². The van der Waals surface area contributed by atoms with Gasteiger partial charge in [-0.2, -0.15) is 4.98 Å². The summed E-state index contributed by atoms with van der Waals surface area (Å²) in [6, 6.07) is 16.1. The number of nitrogens with zero attached hydrogens (tertiary/aromatic N) is 2. The second-order valence-electron chi connectivity index (χ2n) is 7.21. The first-order valence-electron chi connectivity index (χ1n) is 9.62. The van der Waals surface area contributed by atoms with Gasteiger partial charge in [-0.05, 0) is 60.9 Å². The minimum absolute atomic E-state index is 0.269. The Morgan fingerprint density at radius 2 is 1.80 bits per heavy atom. The van der Waals surface area contributed by atoms with E-state index in [0.29, 0.717) is 17.6 Å². The average molecular weight is 425 g/mol. The molecule has 0 radical (unpaired) electrons. The Labute approximate surface area is 179 Å². The van der Waals surface area contributed by atoms with Crippen molar-refractivity contribution in [2.75, 3.05) is 7.11 Å². The lowest BCUT2D eigenvalue weighted by Crippen LogP contribution is -2.05. The highest BCUT2D eigenvalue weighted by Crippen LogP contribution is 2.34. The van der Waals surface area contributed by atoms with Crippen molar-refractivity contribution in [3.8, 4) is 11.6 Å². The Morgan fingerprint density at radius 3 is 2.53 bits per heavy atom. The number of fused-ring (bicyclic) bond motifs is 1. The molecule has 4 nitrogen and oxygen atoms in total. The van der Waals surface area contributed by atoms with Crippen LogP contribution in [0.5, 0.6) is 11.6 Å². The molecule has 0 amide bonds. The molecule has 2 aromatic heterocycles. The summed E-state index contributed by atoms with van der Waals surface area (Å²) in [4.78, 5) is 4.45. The van der Waals surface area contributed by atoms with Crippen LogP contribution in [-0.4, -0.2) is 16.7 Å². The van der Waals surface area contributed by atoms with E-state index >= 15 is 0 Å². The predicted octanol–water partition coefficient (Wildman–Crippen LogP) is 6.08. The van der Waals surface area contributed by atoms with Gasteiger partial charge in [0.15, 0.2) is 0 Å². The standard InChI is InChI=1S/C24H22ClFN2O2/c1-15-16(2)28(13-18-5-4-6-20(11-18)29-3)23-21(15)12-22(25)27-24(23)30-14-17-7-9-19(26)10-8-17/h4-12H,13-14H2,1-3H3. The van der Waals surface area contributed by atoms with Crippen LogP contribution in [0, 0.1) is 19.7 Å². The van der Waals surface area contributed by atoms with Gasteiger partial charge in [0.25, 0.3) is 0 Å². The van der Waals surface area contributed by atoms with Crippen LogP contribution in [0.2, 0.25) is 5.15 Å². The van der Waals surface area contributed by atoms with E-state index < -0.39 is 0 Å². The molecule has 4 aromatic rings. The van der Waals surface area contributed by atoms with Crippen molar-refractivity contribution >= 4 is 22.5 Å². The summed E-state index contributed by atoms with van der Waals surface area (Å²) in [5, 5.41) is 1.38. The lowest BCUT2D eigenvalue weighted by Gasteiger charge is -2.13. The monoisotopic (exact) mass is 424 g/mol. The second-order valence-corrected chi connectivity index (χ2v) is 7.60. The summed E-state index contributed by atoms with van der Waals surface area (Å²) >= 11 is 6.29. The largest absolute Gasteiger partial charge is 0.497 e. The van der Waals surface area contributed by atoms with E-state index in [1.54, 1.807) is 19.2 Å². The Morgan fingerprint density at radius 1 is 1.03 bits per heavy atom. The highest BCUT2D eigenvalue weighted by atomic mass is 35.5. The van der Waals surface area contributed by atoms with Gasteiger partial charge in [-0.25, -0.2) is 4.39 Å². The van der Waals surface area contributed by atoms with Crippen molar-refractivity contribution in [3.05, 3.63) is 88.0 Å². The number of methoxy groups -OCH3 is 1. The van der Waals surface area contributed by atoms with Crippen molar-refractivity contribution in [2.45, 2.75) is 27.0 Å². The van der Waals surface area contributed by atoms with E-state index in [1.165, 1.54) is 12.1 Å². The molecule has 30 heavy (non-hydrogen) atoms. The van der Waals surface area contributed by atoms with Crippen molar-refractivity contribution in [2.24, 2.45) is 0 Å². The molecule has 0 bridgehead atoms. The molecule has 0 unspecified atom stereocenters. The molecule has 0 saturated heterocycles. The summed E-state index contributed by atoms with van der Waals surface area (Å²) in [5.74, 6) is 0.994. The predicted molar refractivity (Wildman–Crippen MR) is 117 cm³/mol. The summed E-state index contributed by atoms with van der Waals surface area (Å²) < 4.78 is 26.8. The highest BCUT2D eigenvalue weighted by Gasteiger charge is 2.18. The van der Waals surface area contributed by atoms with Crippen molar-refractivity contribution in [3.63, 3.8) is 0 Å². The molecular formula is C24H22ClFN2O2. The number of benzene rings is 2. The number of hydrogen-bond donors (Lipinski definition) is 0. The first-order valence-corrected chi connectivity index (χ1v) is 10.00. The van der Waals surface area contributed by atoms with E-state index in [9.17, 15) is 4.39 Å². The smallest absolute Gasteiger partial charge is 0.240 e. The van der Waals surface area contributed by atoms with Crippen molar-refractivity contribution in [1.29, 1.82) is 0 Å². The van der Waals surface area contributed by atoms with Crippen LogP contribution < -0.4 is 9.47 Å². The fourth-order valence-corrected chi connectivity index (χ4v) is 3.77. The van der Waals surface area contributed by atoms with Crippen LogP contribution in [0.3, 0.4) is 0 Å². The van der Waals surface area contributed by atoms with Crippen LogP contribution in [0.1, 0.15) is 22.4 Å². The molecule has 154 valence electrons. The highest BCUT2D eigenvalue weighted by molar-refractivity contribution is 6.30. The fourth-order valence-electron chi connectivity index (χ4n) is 3.58. The van der Waals surface area contributed by atoms with Crippen molar-refractivity contribution < 1.29 is 13.9 Å². The van der Waals surface area contributed by atoms with Gasteiger partial charge in [0.1, 0.15) is 28.8 Å². The minimum Gasteiger partial charge on any atom is -0.497 e. The molecule has 0 spiro atoms. The molecule has 0 fully saturated rings. The molecule has 4 rings (SSSR count). The topological polar surface area (TPSA) is 36.3 Å². The first kappa shape index (κ1) is 20.2. The molecule has 0 saturated carbocycles. The Kier molecular flexibility index (Phi) is 5.64. The third-order valence-corrected chi connectivity index (χ3v) is 5.51. The quantitative estimate of drug-likeness (QED) is 0.352. The van der Waals surface area contributed by atoms with Crippen LogP contribution in [0.15, 0.2) is 54.6 Å². The summed E-state index contributed by atoms with van der Waals surface area (Å²) in [5.41, 5.74) is 5.09. The number of ether oxygens (including phenoxy) is 2. The number of rotatable bonds is 6. The Balaban J connectivity index is 1.76. The zero-order chi connectivity index (χ0) is 21.3. The Bertz CT molecular complexity index is 1200. The molecule has 2 heterocycles. The van der Waals surface area contributed by atoms with Gasteiger partial charge >= 0.3 is 0 Å². The van der Waals surface area contributed by atoms with E-state index in [-0.39, 0.29) is 12.4 Å². The van der Waals surface area contributed by atoms with Gasteiger partial charge in [0.05, 0.1) is 7.11 Å². The summed E-state index contributed by atoms with van der Waals surface area (Å²) in [6.07, 6.45) is 0. The number of hydrogen-bond acceptors (Lipinski definition) is 3. The number of pyridine rings is 1. The summed E-state index contributed by atoms with van der Waals surface area (Å²) in [7, 11) is 1.66. The van der Waals surface area contributed by atoms with Gasteiger partial charge in [-0.3, -0.25) is 0 Å². The van der Waals surface area contributed by atoms with Crippen molar-refractivity contribution in [1.82, 2.24) is 9.55 Å². The molecule has 0 aliphatic heterocycles. The maximum Gasteiger partial charge on any atom is 0.240 e. The third-order valence-electron chi connectivity index (χ3n) is 5.31. The zero-order valence-corrected chi connectivity index (χ0v) is 17.8. The van der Waals surface area contributed by atoms with Gasteiger partial charge in [0.2, 0.25) is 5.88 Å². The maximum atomic E-state index is 13.2. The minimum atomic E-state index is -0.277. The zero-order valence-electron chi connectivity index (χ0n) is 17.1. The lowest BCUT2D eigenvalue weighted by atomic mass is 10.2. The normalized spacial score (nSPS) is 11.1. The van der Waals surface area contributed by atoms with Crippen LogP contribution in [0.25, 0.3) is 10.9 Å². The second kappa shape index (κ2) is 8.36. The molecule has 0 atom stereocenters. The van der Waals surface area contributed by atoms with Crippen LogP contribution in [-0.2, 0) is 13.2 Å². The molecule has 2 aromatic carbocycles. The average Bonchev–Trinajstić information content (AvgIpc) is 2.98. The Hall–Kier alpha value is -3.05. The van der Waals surface area contributed by atoms with Gasteiger partial charge in [-0.15, -0.1) is 0 Å². The van der Waals surface area contributed by atoms with E-state index in [2.05, 4.69) is 29.5 Å². The number of halogens is 2. The maximum absolute atomic E-state index is 13.2. The molecule has 0 aliphatic rings. The SMILES string of the molecule is COc1cccc(Cn2c(C)c(C)c3cc(Cl)nc(OCc4ccc(F)cc4)c32)c1.